The second kappa shape index (κ2) is 2.58. The largest absolute Gasteiger partial charge is 0.350 e. The van der Waals surface area contributed by atoms with Crippen LogP contribution in [0.1, 0.15) is 18.7 Å². The van der Waals surface area contributed by atoms with E-state index in [-0.39, 0.29) is 5.69 Å². The standard InChI is InChI=1S/C7H9N3O2/c11-6-8-5-3-1-2-4-10(5)7(12)9-6/h1-4H2,(H,9,11,12). The number of nitrogens with one attached hydrogen (secondary N) is 1. The van der Waals surface area contributed by atoms with Crippen LogP contribution in [0.2, 0.25) is 0 Å². The van der Waals surface area contributed by atoms with Crippen LogP contribution in [0.5, 0.6) is 0 Å². The van der Waals surface area contributed by atoms with Gasteiger partial charge in [0, 0.05) is 13.0 Å². The summed E-state index contributed by atoms with van der Waals surface area (Å²) in [6, 6.07) is 0. The van der Waals surface area contributed by atoms with Crippen molar-refractivity contribution in [1.82, 2.24) is 14.5 Å². The van der Waals surface area contributed by atoms with Crippen molar-refractivity contribution in [3.63, 3.8) is 0 Å². The van der Waals surface area contributed by atoms with Gasteiger partial charge in [-0.3, -0.25) is 9.55 Å². The van der Waals surface area contributed by atoms with Crippen molar-refractivity contribution >= 4 is 0 Å². The third-order valence-electron chi connectivity index (χ3n) is 2.03. The molecule has 1 aliphatic rings. The summed E-state index contributed by atoms with van der Waals surface area (Å²) in [5, 5.41) is 0. The third-order valence-corrected chi connectivity index (χ3v) is 2.03. The summed E-state index contributed by atoms with van der Waals surface area (Å²) in [5.41, 5.74) is -0.863. The second-order valence-electron chi connectivity index (χ2n) is 2.87. The van der Waals surface area contributed by atoms with Crippen molar-refractivity contribution in [3.05, 3.63) is 26.8 Å². The lowest BCUT2D eigenvalue weighted by Crippen LogP contribution is -2.36. The Morgan fingerprint density at radius 1 is 1.33 bits per heavy atom. The maximum Gasteiger partial charge on any atom is 0.350 e. The Morgan fingerprint density at radius 2 is 2.17 bits per heavy atom. The zero-order valence-corrected chi connectivity index (χ0v) is 6.54. The zero-order valence-electron chi connectivity index (χ0n) is 6.54. The lowest BCUT2D eigenvalue weighted by Gasteiger charge is -2.14. The summed E-state index contributed by atoms with van der Waals surface area (Å²) >= 11 is 0. The Balaban J connectivity index is 2.68. The van der Waals surface area contributed by atoms with E-state index in [9.17, 15) is 9.59 Å². The highest BCUT2D eigenvalue weighted by Crippen LogP contribution is 2.06. The van der Waals surface area contributed by atoms with Gasteiger partial charge in [0.1, 0.15) is 5.82 Å². The number of fused-ring (bicyclic) bond motifs is 1. The number of aromatic nitrogens is 3. The van der Waals surface area contributed by atoms with Gasteiger partial charge in [0.25, 0.3) is 0 Å². The minimum Gasteiger partial charge on any atom is -0.281 e. The van der Waals surface area contributed by atoms with E-state index in [2.05, 4.69) is 9.97 Å². The molecule has 2 heterocycles. The summed E-state index contributed by atoms with van der Waals surface area (Å²) in [6.45, 7) is 0.679. The molecule has 1 N–H and O–H groups in total. The number of hydrogen-bond acceptors (Lipinski definition) is 3. The van der Waals surface area contributed by atoms with Crippen LogP contribution in [0.3, 0.4) is 0 Å². The number of rotatable bonds is 0. The van der Waals surface area contributed by atoms with Crippen LogP contribution in [-0.4, -0.2) is 14.5 Å². The molecule has 5 nitrogen and oxygen atoms in total. The van der Waals surface area contributed by atoms with E-state index in [1.165, 1.54) is 4.57 Å². The smallest absolute Gasteiger partial charge is 0.281 e. The first-order valence-corrected chi connectivity index (χ1v) is 3.97. The number of aryl methyl sites for hydroxylation is 1. The summed E-state index contributed by atoms with van der Waals surface area (Å²) in [6.07, 6.45) is 2.73. The predicted molar refractivity (Wildman–Crippen MR) is 42.1 cm³/mol. The molecule has 0 radical (unpaired) electrons. The maximum atomic E-state index is 11.2. The number of nitrogens with zero attached hydrogens (tertiary/aromatic N) is 2. The van der Waals surface area contributed by atoms with E-state index in [1.807, 2.05) is 0 Å². The van der Waals surface area contributed by atoms with Crippen molar-refractivity contribution in [1.29, 1.82) is 0 Å². The fourth-order valence-corrected chi connectivity index (χ4v) is 1.46. The van der Waals surface area contributed by atoms with E-state index >= 15 is 0 Å². The average Bonchev–Trinajstić information content (AvgIpc) is 2.04. The molecule has 1 aliphatic heterocycles. The van der Waals surface area contributed by atoms with Crippen molar-refractivity contribution in [2.75, 3.05) is 0 Å². The Morgan fingerprint density at radius 3 is 3.00 bits per heavy atom. The average molecular weight is 167 g/mol. The Bertz CT molecular complexity index is 404. The van der Waals surface area contributed by atoms with Gasteiger partial charge in [-0.2, -0.15) is 4.98 Å². The molecule has 0 saturated heterocycles. The minimum absolute atomic E-state index is 0.329. The molecule has 1 aromatic heterocycles. The van der Waals surface area contributed by atoms with Crippen molar-refractivity contribution in [2.24, 2.45) is 0 Å². The third kappa shape index (κ3) is 1.07. The predicted octanol–water partition coefficient (Wildman–Crippen LogP) is -0.732. The molecular formula is C7H9N3O2. The van der Waals surface area contributed by atoms with Crippen LogP contribution >= 0.6 is 0 Å². The molecule has 0 spiro atoms. The minimum atomic E-state index is -0.534. The van der Waals surface area contributed by atoms with Gasteiger partial charge in [-0.1, -0.05) is 0 Å². The second-order valence-corrected chi connectivity index (χ2v) is 2.87. The lowest BCUT2D eigenvalue weighted by molar-refractivity contribution is 0.479. The Kier molecular flexibility index (Phi) is 1.56. The van der Waals surface area contributed by atoms with Crippen molar-refractivity contribution in [2.45, 2.75) is 25.8 Å². The maximum absolute atomic E-state index is 11.2. The van der Waals surface area contributed by atoms with E-state index in [0.29, 0.717) is 12.4 Å². The summed E-state index contributed by atoms with van der Waals surface area (Å²) in [4.78, 5) is 27.8. The molecule has 64 valence electrons. The molecule has 0 saturated carbocycles. The first-order valence-electron chi connectivity index (χ1n) is 3.97. The number of hydrogen-bond donors (Lipinski definition) is 1. The van der Waals surface area contributed by atoms with Gasteiger partial charge in [0.15, 0.2) is 0 Å². The molecule has 5 heteroatoms. The Hall–Kier alpha value is -1.39. The monoisotopic (exact) mass is 167 g/mol. The summed E-state index contributed by atoms with van der Waals surface area (Å²) in [7, 11) is 0. The molecule has 12 heavy (non-hydrogen) atoms. The zero-order chi connectivity index (χ0) is 8.55. The highest BCUT2D eigenvalue weighted by Gasteiger charge is 2.11. The van der Waals surface area contributed by atoms with Crippen molar-refractivity contribution in [3.8, 4) is 0 Å². The van der Waals surface area contributed by atoms with Crippen LogP contribution in [0.15, 0.2) is 9.59 Å². The number of H-pyrrole nitrogens is 1. The van der Waals surface area contributed by atoms with Gasteiger partial charge in [0.05, 0.1) is 0 Å². The quantitative estimate of drug-likeness (QED) is 0.553. The SMILES string of the molecule is O=c1nc2n(c(=O)[nH]1)CCCC2. The molecule has 0 amide bonds. The van der Waals surface area contributed by atoms with E-state index in [1.54, 1.807) is 0 Å². The van der Waals surface area contributed by atoms with Gasteiger partial charge in [-0.15, -0.1) is 0 Å². The van der Waals surface area contributed by atoms with E-state index in [0.717, 1.165) is 19.3 Å². The van der Waals surface area contributed by atoms with Gasteiger partial charge >= 0.3 is 11.4 Å². The molecule has 0 aromatic carbocycles. The first-order chi connectivity index (χ1) is 5.77. The highest BCUT2D eigenvalue weighted by molar-refractivity contribution is 4.90. The molecule has 0 unspecified atom stereocenters. The fourth-order valence-electron chi connectivity index (χ4n) is 1.46. The van der Waals surface area contributed by atoms with Crippen molar-refractivity contribution < 1.29 is 0 Å². The first kappa shape index (κ1) is 7.27. The van der Waals surface area contributed by atoms with Crippen LogP contribution in [0, 0.1) is 0 Å². The summed E-state index contributed by atoms with van der Waals surface area (Å²) < 4.78 is 1.53. The van der Waals surface area contributed by atoms with Gasteiger partial charge in [0.2, 0.25) is 0 Å². The number of aromatic amines is 1. The summed E-state index contributed by atoms with van der Waals surface area (Å²) in [5.74, 6) is 0.620. The van der Waals surface area contributed by atoms with E-state index in [4.69, 9.17) is 0 Å². The molecule has 0 bridgehead atoms. The molecule has 0 atom stereocenters. The molecule has 0 aliphatic carbocycles. The normalized spacial score (nSPS) is 15.7. The van der Waals surface area contributed by atoms with Gasteiger partial charge < -0.3 is 0 Å². The Labute approximate surface area is 68.1 Å². The fraction of sp³-hybridized carbons (Fsp3) is 0.571. The highest BCUT2D eigenvalue weighted by atomic mass is 16.2. The van der Waals surface area contributed by atoms with Crippen LogP contribution in [0.4, 0.5) is 0 Å². The lowest BCUT2D eigenvalue weighted by atomic mass is 10.2. The van der Waals surface area contributed by atoms with Gasteiger partial charge in [-0.05, 0) is 12.8 Å². The van der Waals surface area contributed by atoms with Crippen LogP contribution in [0.25, 0.3) is 0 Å². The van der Waals surface area contributed by atoms with Gasteiger partial charge in [-0.25, -0.2) is 9.59 Å². The van der Waals surface area contributed by atoms with Crippen LogP contribution in [-0.2, 0) is 13.0 Å². The topological polar surface area (TPSA) is 67.8 Å². The molecule has 2 rings (SSSR count). The molecular weight excluding hydrogens is 158 g/mol. The van der Waals surface area contributed by atoms with E-state index < -0.39 is 5.69 Å². The molecule has 0 fully saturated rings. The van der Waals surface area contributed by atoms with Crippen LogP contribution < -0.4 is 11.4 Å². The molecule has 1 aromatic rings.